The van der Waals surface area contributed by atoms with Gasteiger partial charge in [0.15, 0.2) is 0 Å². The van der Waals surface area contributed by atoms with Crippen LogP contribution in [0.2, 0.25) is 0 Å². The Hall–Kier alpha value is -2.69. The molecular weight excluding hydrogens is 426 g/mol. The Morgan fingerprint density at radius 3 is 2.73 bits per heavy atom. The number of likely N-dealkylation sites (tertiary alicyclic amines) is 1. The van der Waals surface area contributed by atoms with Crippen molar-refractivity contribution >= 4 is 22.7 Å². The third-order valence-electron chi connectivity index (χ3n) is 6.48. The third kappa shape index (κ3) is 5.13. The van der Waals surface area contributed by atoms with Crippen LogP contribution in [0.4, 0.5) is 0 Å². The number of aliphatic hydroxyl groups excluding tert-OH is 2. The van der Waals surface area contributed by atoms with E-state index in [2.05, 4.69) is 15.7 Å². The number of aryl methyl sites for hydroxylation is 1. The number of nitrogens with one attached hydrogen (secondary N) is 2. The normalized spacial score (nSPS) is 19.7. The molecule has 0 bridgehead atoms. The number of likely N-dealkylation sites (N-methyl/N-ethyl adjacent to an activating group) is 1. The molecule has 1 fully saturated rings. The summed E-state index contributed by atoms with van der Waals surface area (Å²) in [6.07, 6.45) is -0.152. The standard InChI is InChI=1S/C23H35N5O5/c1-23(2,8-9-29)19(24-3)22(32)28-13-15(30)11-18(28)20(31)25-12-14-6-7-17-16(10-14)21(33-5)26-27(17)4/h6-7,10,15,18-19,24,29-30H,8-9,11-13H2,1-5H3,(H,25,31)/t15-,18+,19-/m1/s1. The quantitative estimate of drug-likeness (QED) is 0.419. The number of carbonyl (C=O) groups is 2. The maximum Gasteiger partial charge on any atom is 0.243 e. The predicted octanol–water partition coefficient (Wildman–Crippen LogP) is 0.157. The molecule has 1 aliphatic heterocycles. The predicted molar refractivity (Wildman–Crippen MR) is 124 cm³/mol. The van der Waals surface area contributed by atoms with Crippen molar-refractivity contribution in [3.8, 4) is 5.88 Å². The van der Waals surface area contributed by atoms with E-state index < -0.39 is 23.6 Å². The van der Waals surface area contributed by atoms with Crippen molar-refractivity contribution in [1.29, 1.82) is 0 Å². The summed E-state index contributed by atoms with van der Waals surface area (Å²) < 4.78 is 7.06. The summed E-state index contributed by atoms with van der Waals surface area (Å²) in [5, 5.41) is 30.7. The number of methoxy groups -OCH3 is 1. The molecule has 3 rings (SSSR count). The van der Waals surface area contributed by atoms with Crippen LogP contribution in [0.15, 0.2) is 18.2 Å². The molecule has 1 aromatic heterocycles. The molecule has 2 aromatic rings. The summed E-state index contributed by atoms with van der Waals surface area (Å²) in [5.41, 5.74) is 1.27. The van der Waals surface area contributed by atoms with Gasteiger partial charge in [-0.1, -0.05) is 19.9 Å². The van der Waals surface area contributed by atoms with Crippen molar-refractivity contribution in [3.05, 3.63) is 23.8 Å². The second kappa shape index (κ2) is 10.1. The Morgan fingerprint density at radius 1 is 1.36 bits per heavy atom. The van der Waals surface area contributed by atoms with Crippen LogP contribution < -0.4 is 15.4 Å². The van der Waals surface area contributed by atoms with Crippen LogP contribution in [0.1, 0.15) is 32.3 Å². The topological polar surface area (TPSA) is 129 Å². The highest BCUT2D eigenvalue weighted by Gasteiger charge is 2.44. The van der Waals surface area contributed by atoms with Crippen LogP contribution in [0.5, 0.6) is 5.88 Å². The molecule has 10 heteroatoms. The molecule has 2 heterocycles. The Bertz CT molecular complexity index is 1000. The molecule has 0 saturated carbocycles. The van der Waals surface area contributed by atoms with Gasteiger partial charge in [0.1, 0.15) is 6.04 Å². The van der Waals surface area contributed by atoms with Gasteiger partial charge in [-0.3, -0.25) is 14.3 Å². The minimum absolute atomic E-state index is 0.0446. The Labute approximate surface area is 193 Å². The summed E-state index contributed by atoms with van der Waals surface area (Å²) in [4.78, 5) is 27.8. The van der Waals surface area contributed by atoms with Gasteiger partial charge in [0, 0.05) is 33.2 Å². The maximum atomic E-state index is 13.3. The lowest BCUT2D eigenvalue weighted by Crippen LogP contribution is -2.56. The van der Waals surface area contributed by atoms with E-state index in [4.69, 9.17) is 4.74 Å². The van der Waals surface area contributed by atoms with Gasteiger partial charge in [-0.2, -0.15) is 0 Å². The summed E-state index contributed by atoms with van der Waals surface area (Å²) in [7, 11) is 5.09. The molecule has 3 atom stereocenters. The minimum atomic E-state index is -0.765. The lowest BCUT2D eigenvalue weighted by Gasteiger charge is -2.36. The second-order valence-corrected chi connectivity index (χ2v) is 9.28. The van der Waals surface area contributed by atoms with Gasteiger partial charge in [0.25, 0.3) is 0 Å². The average Bonchev–Trinajstić information content (AvgIpc) is 3.31. The smallest absolute Gasteiger partial charge is 0.243 e. The number of rotatable bonds is 9. The van der Waals surface area contributed by atoms with Gasteiger partial charge in [-0.15, -0.1) is 5.10 Å². The zero-order valence-corrected chi connectivity index (χ0v) is 20.0. The number of carbonyl (C=O) groups excluding carboxylic acids is 2. The number of hydrogen-bond donors (Lipinski definition) is 4. The number of nitrogens with zero attached hydrogens (tertiary/aromatic N) is 3. The fourth-order valence-corrected chi connectivity index (χ4v) is 4.60. The summed E-state index contributed by atoms with van der Waals surface area (Å²) in [6, 6.07) is 4.39. The zero-order valence-electron chi connectivity index (χ0n) is 20.0. The summed E-state index contributed by atoms with van der Waals surface area (Å²) in [6.45, 7) is 4.12. The fourth-order valence-electron chi connectivity index (χ4n) is 4.60. The van der Waals surface area contributed by atoms with Crippen molar-refractivity contribution in [2.24, 2.45) is 12.5 Å². The number of hydrogen-bond acceptors (Lipinski definition) is 7. The largest absolute Gasteiger partial charge is 0.479 e. The summed E-state index contributed by atoms with van der Waals surface area (Å²) in [5.74, 6) is -0.0536. The van der Waals surface area contributed by atoms with E-state index in [9.17, 15) is 19.8 Å². The molecule has 1 saturated heterocycles. The SMILES string of the molecule is CN[C@H](C(=O)N1C[C@H](O)C[C@H]1C(=O)NCc1ccc2c(c1)c(OC)nn2C)C(C)(C)CCO. The number of aromatic nitrogens is 2. The molecular formula is C23H35N5O5. The van der Waals surface area contributed by atoms with Crippen molar-refractivity contribution in [2.75, 3.05) is 27.3 Å². The number of amides is 2. The van der Waals surface area contributed by atoms with Crippen molar-refractivity contribution in [3.63, 3.8) is 0 Å². The van der Waals surface area contributed by atoms with Gasteiger partial charge in [-0.05, 0) is 36.6 Å². The van der Waals surface area contributed by atoms with Gasteiger partial charge in [0.05, 0.1) is 30.2 Å². The molecule has 1 aliphatic rings. The van der Waals surface area contributed by atoms with E-state index in [0.29, 0.717) is 12.3 Å². The number of benzene rings is 1. The van der Waals surface area contributed by atoms with Crippen LogP contribution in [0.3, 0.4) is 0 Å². The first kappa shape index (κ1) is 24.9. The zero-order chi connectivity index (χ0) is 24.3. The number of fused-ring (bicyclic) bond motifs is 1. The van der Waals surface area contributed by atoms with E-state index >= 15 is 0 Å². The average molecular weight is 462 g/mol. The van der Waals surface area contributed by atoms with Crippen LogP contribution in [-0.4, -0.2) is 82.2 Å². The molecule has 4 N–H and O–H groups in total. The van der Waals surface area contributed by atoms with E-state index in [0.717, 1.165) is 16.5 Å². The first-order valence-electron chi connectivity index (χ1n) is 11.2. The van der Waals surface area contributed by atoms with Crippen LogP contribution in [-0.2, 0) is 23.2 Å². The van der Waals surface area contributed by atoms with Crippen LogP contribution in [0, 0.1) is 5.41 Å². The van der Waals surface area contributed by atoms with E-state index in [1.165, 1.54) is 4.90 Å². The number of β-amino-alcohol motifs (C(OH)–C–C–N with tert-alkyl or cyclic N) is 1. The molecule has 10 nitrogen and oxygen atoms in total. The number of aliphatic hydroxyl groups is 2. The monoisotopic (exact) mass is 461 g/mol. The van der Waals surface area contributed by atoms with Crippen molar-refractivity contribution < 1.29 is 24.5 Å². The molecule has 2 amide bonds. The van der Waals surface area contributed by atoms with Gasteiger partial charge < -0.3 is 30.5 Å². The number of ether oxygens (including phenoxy) is 1. The lowest BCUT2D eigenvalue weighted by molar-refractivity contribution is -0.142. The Kier molecular flexibility index (Phi) is 7.61. The molecule has 33 heavy (non-hydrogen) atoms. The highest BCUT2D eigenvalue weighted by atomic mass is 16.5. The molecule has 182 valence electrons. The fraction of sp³-hybridized carbons (Fsp3) is 0.609. The Balaban J connectivity index is 1.73. The lowest BCUT2D eigenvalue weighted by atomic mass is 9.80. The molecule has 0 aliphatic carbocycles. The van der Waals surface area contributed by atoms with Crippen LogP contribution in [0.25, 0.3) is 10.9 Å². The van der Waals surface area contributed by atoms with E-state index in [-0.39, 0.29) is 37.9 Å². The van der Waals surface area contributed by atoms with Gasteiger partial charge >= 0.3 is 0 Å². The highest BCUT2D eigenvalue weighted by molar-refractivity contribution is 5.91. The molecule has 1 aromatic carbocycles. The molecule has 0 unspecified atom stereocenters. The molecule has 0 spiro atoms. The second-order valence-electron chi connectivity index (χ2n) is 9.28. The van der Waals surface area contributed by atoms with Gasteiger partial charge in [0.2, 0.25) is 17.7 Å². The van der Waals surface area contributed by atoms with Crippen molar-refractivity contribution in [2.45, 2.75) is 51.4 Å². The van der Waals surface area contributed by atoms with Crippen LogP contribution >= 0.6 is 0 Å². The highest BCUT2D eigenvalue weighted by Crippen LogP contribution is 2.29. The van der Waals surface area contributed by atoms with E-state index in [1.807, 2.05) is 39.1 Å². The first-order valence-corrected chi connectivity index (χ1v) is 11.2. The Morgan fingerprint density at radius 2 is 2.09 bits per heavy atom. The third-order valence-corrected chi connectivity index (χ3v) is 6.48. The summed E-state index contributed by atoms with van der Waals surface area (Å²) >= 11 is 0. The molecule has 0 radical (unpaired) electrons. The first-order chi connectivity index (χ1) is 15.6. The minimum Gasteiger partial charge on any atom is -0.479 e. The maximum absolute atomic E-state index is 13.3. The van der Waals surface area contributed by atoms with Gasteiger partial charge in [-0.25, -0.2) is 0 Å². The van der Waals surface area contributed by atoms with Crippen molar-refractivity contribution in [1.82, 2.24) is 25.3 Å². The van der Waals surface area contributed by atoms with E-state index in [1.54, 1.807) is 18.8 Å².